The molecule has 0 aliphatic carbocycles. The lowest BCUT2D eigenvalue weighted by Crippen LogP contribution is -2.17. The minimum Gasteiger partial charge on any atom is -0.456 e. The third-order valence-corrected chi connectivity index (χ3v) is 3.89. The van der Waals surface area contributed by atoms with Gasteiger partial charge in [0.25, 0.3) is 5.56 Å². The third kappa shape index (κ3) is 3.06. The van der Waals surface area contributed by atoms with E-state index in [4.69, 9.17) is 4.74 Å². The molecule has 0 saturated carbocycles. The van der Waals surface area contributed by atoms with Gasteiger partial charge in [0.05, 0.1) is 11.3 Å². The summed E-state index contributed by atoms with van der Waals surface area (Å²) in [6, 6.07) is 10.6. The number of rotatable bonds is 3. The summed E-state index contributed by atoms with van der Waals surface area (Å²) in [7, 11) is 0. The number of hydrogen-bond donors (Lipinski definition) is 0. The largest absolute Gasteiger partial charge is 0.456 e. The normalized spacial score (nSPS) is 10.8. The molecule has 0 saturated heterocycles. The van der Waals surface area contributed by atoms with Gasteiger partial charge in [-0.25, -0.2) is 9.78 Å². The standard InChI is InChI=1S/C19H18N2O3/c1-12-6-7-16(14(3)9-12)19(23)24-11-15-10-17(22)21-8-4-5-13(2)18(21)20-15/h4-10H,11H2,1-3H3. The number of aryl methyl sites for hydroxylation is 3. The SMILES string of the molecule is Cc1ccc(C(=O)OCc2cc(=O)n3cccc(C)c3n2)c(C)c1. The van der Waals surface area contributed by atoms with Crippen molar-refractivity contribution in [1.29, 1.82) is 0 Å². The summed E-state index contributed by atoms with van der Waals surface area (Å²) in [6.07, 6.45) is 1.67. The first kappa shape index (κ1) is 15.9. The van der Waals surface area contributed by atoms with E-state index in [0.29, 0.717) is 16.9 Å². The van der Waals surface area contributed by atoms with Crippen molar-refractivity contribution < 1.29 is 9.53 Å². The van der Waals surface area contributed by atoms with Gasteiger partial charge >= 0.3 is 5.97 Å². The summed E-state index contributed by atoms with van der Waals surface area (Å²) >= 11 is 0. The van der Waals surface area contributed by atoms with E-state index in [0.717, 1.165) is 16.7 Å². The molecule has 0 amide bonds. The minimum absolute atomic E-state index is 0.0355. The Morgan fingerprint density at radius 3 is 2.67 bits per heavy atom. The first-order valence-corrected chi connectivity index (χ1v) is 7.68. The number of benzene rings is 1. The number of carbonyl (C=O) groups excluding carboxylic acids is 1. The van der Waals surface area contributed by atoms with Crippen LogP contribution in [0.4, 0.5) is 0 Å². The molecule has 0 radical (unpaired) electrons. The van der Waals surface area contributed by atoms with Crippen molar-refractivity contribution >= 4 is 11.6 Å². The van der Waals surface area contributed by atoms with E-state index >= 15 is 0 Å². The van der Waals surface area contributed by atoms with Crippen molar-refractivity contribution in [3.8, 4) is 0 Å². The molecule has 0 aliphatic heterocycles. The second kappa shape index (κ2) is 6.28. The highest BCUT2D eigenvalue weighted by Crippen LogP contribution is 2.13. The lowest BCUT2D eigenvalue weighted by atomic mass is 10.1. The first-order chi connectivity index (χ1) is 11.5. The Labute approximate surface area is 139 Å². The molecule has 2 aromatic heterocycles. The number of pyridine rings is 1. The number of aromatic nitrogens is 2. The summed E-state index contributed by atoms with van der Waals surface area (Å²) in [5, 5.41) is 0. The second-order valence-electron chi connectivity index (χ2n) is 5.87. The molecular weight excluding hydrogens is 304 g/mol. The number of ether oxygens (including phenoxy) is 1. The maximum atomic E-state index is 12.2. The molecule has 3 aromatic rings. The average molecular weight is 322 g/mol. The number of carbonyl (C=O) groups is 1. The predicted molar refractivity (Wildman–Crippen MR) is 91.2 cm³/mol. The molecule has 0 N–H and O–H groups in total. The van der Waals surface area contributed by atoms with Crippen LogP contribution in [0, 0.1) is 20.8 Å². The van der Waals surface area contributed by atoms with Gasteiger partial charge in [-0.3, -0.25) is 9.20 Å². The lowest BCUT2D eigenvalue weighted by molar-refractivity contribution is 0.0467. The third-order valence-electron chi connectivity index (χ3n) is 3.89. The Morgan fingerprint density at radius 1 is 1.12 bits per heavy atom. The van der Waals surface area contributed by atoms with Crippen LogP contribution in [0.3, 0.4) is 0 Å². The van der Waals surface area contributed by atoms with Crippen LogP contribution in [0.25, 0.3) is 5.65 Å². The lowest BCUT2D eigenvalue weighted by Gasteiger charge is -2.09. The molecule has 5 heteroatoms. The fraction of sp³-hybridized carbons (Fsp3) is 0.211. The monoisotopic (exact) mass is 322 g/mol. The van der Waals surface area contributed by atoms with Crippen molar-refractivity contribution in [2.75, 3.05) is 0 Å². The Kier molecular flexibility index (Phi) is 4.16. The number of hydrogen-bond acceptors (Lipinski definition) is 4. The van der Waals surface area contributed by atoms with Crippen LogP contribution in [0.15, 0.2) is 47.4 Å². The zero-order chi connectivity index (χ0) is 17.3. The highest BCUT2D eigenvalue weighted by atomic mass is 16.5. The summed E-state index contributed by atoms with van der Waals surface area (Å²) in [5.74, 6) is -0.417. The molecule has 0 fully saturated rings. The second-order valence-corrected chi connectivity index (χ2v) is 5.87. The molecule has 2 heterocycles. The molecule has 24 heavy (non-hydrogen) atoms. The van der Waals surface area contributed by atoms with Crippen LogP contribution in [0.1, 0.15) is 32.7 Å². The van der Waals surface area contributed by atoms with E-state index in [9.17, 15) is 9.59 Å². The van der Waals surface area contributed by atoms with Gasteiger partial charge in [-0.05, 0) is 44.0 Å². The molecule has 0 aliphatic rings. The van der Waals surface area contributed by atoms with Crippen LogP contribution in [0.5, 0.6) is 0 Å². The maximum absolute atomic E-state index is 12.2. The van der Waals surface area contributed by atoms with E-state index in [1.807, 2.05) is 39.0 Å². The maximum Gasteiger partial charge on any atom is 0.338 e. The van der Waals surface area contributed by atoms with Crippen molar-refractivity contribution in [2.24, 2.45) is 0 Å². The van der Waals surface area contributed by atoms with E-state index in [1.54, 1.807) is 18.3 Å². The van der Waals surface area contributed by atoms with Crippen molar-refractivity contribution in [3.05, 3.63) is 80.9 Å². The summed E-state index contributed by atoms with van der Waals surface area (Å²) in [6.45, 7) is 5.68. The smallest absolute Gasteiger partial charge is 0.338 e. The van der Waals surface area contributed by atoms with Crippen LogP contribution in [-0.4, -0.2) is 15.4 Å². The minimum atomic E-state index is -0.417. The molecule has 5 nitrogen and oxygen atoms in total. The van der Waals surface area contributed by atoms with Gasteiger partial charge in [0.1, 0.15) is 12.3 Å². The van der Waals surface area contributed by atoms with E-state index in [-0.39, 0.29) is 12.2 Å². The summed E-state index contributed by atoms with van der Waals surface area (Å²) in [5.41, 5.74) is 4.17. The van der Waals surface area contributed by atoms with Gasteiger partial charge in [0, 0.05) is 12.3 Å². The number of nitrogens with zero attached hydrogens (tertiary/aromatic N) is 2. The van der Waals surface area contributed by atoms with Crippen molar-refractivity contribution in [2.45, 2.75) is 27.4 Å². The fourth-order valence-electron chi connectivity index (χ4n) is 2.64. The summed E-state index contributed by atoms with van der Waals surface area (Å²) in [4.78, 5) is 28.8. The zero-order valence-electron chi connectivity index (χ0n) is 13.9. The highest BCUT2D eigenvalue weighted by molar-refractivity contribution is 5.91. The Bertz CT molecular complexity index is 990. The Balaban J connectivity index is 1.84. The highest BCUT2D eigenvalue weighted by Gasteiger charge is 2.12. The first-order valence-electron chi connectivity index (χ1n) is 7.68. The molecule has 0 unspecified atom stereocenters. The van der Waals surface area contributed by atoms with Crippen LogP contribution in [-0.2, 0) is 11.3 Å². The van der Waals surface area contributed by atoms with E-state index in [1.165, 1.54) is 10.5 Å². The summed E-state index contributed by atoms with van der Waals surface area (Å²) < 4.78 is 6.81. The van der Waals surface area contributed by atoms with Crippen LogP contribution < -0.4 is 5.56 Å². The molecule has 0 spiro atoms. The Hall–Kier alpha value is -2.95. The molecular formula is C19H18N2O3. The molecule has 122 valence electrons. The van der Waals surface area contributed by atoms with Crippen molar-refractivity contribution in [3.63, 3.8) is 0 Å². The molecule has 0 atom stereocenters. The molecule has 1 aromatic carbocycles. The van der Waals surface area contributed by atoms with E-state index < -0.39 is 5.97 Å². The van der Waals surface area contributed by atoms with Gasteiger partial charge in [-0.2, -0.15) is 0 Å². The van der Waals surface area contributed by atoms with Gasteiger partial charge in [0.2, 0.25) is 0 Å². The Morgan fingerprint density at radius 2 is 1.92 bits per heavy atom. The molecule has 3 rings (SSSR count). The number of esters is 1. The quantitative estimate of drug-likeness (QED) is 0.696. The van der Waals surface area contributed by atoms with Crippen molar-refractivity contribution in [1.82, 2.24) is 9.38 Å². The average Bonchev–Trinajstić information content (AvgIpc) is 2.53. The van der Waals surface area contributed by atoms with Crippen LogP contribution in [0.2, 0.25) is 0 Å². The topological polar surface area (TPSA) is 60.7 Å². The van der Waals surface area contributed by atoms with Gasteiger partial charge in [0.15, 0.2) is 0 Å². The van der Waals surface area contributed by atoms with Gasteiger partial charge < -0.3 is 4.74 Å². The number of fused-ring (bicyclic) bond motifs is 1. The van der Waals surface area contributed by atoms with Gasteiger partial charge in [-0.1, -0.05) is 23.8 Å². The van der Waals surface area contributed by atoms with Crippen LogP contribution >= 0.6 is 0 Å². The van der Waals surface area contributed by atoms with E-state index in [2.05, 4.69) is 4.98 Å². The predicted octanol–water partition coefficient (Wildman–Crippen LogP) is 2.98. The molecule has 0 bridgehead atoms. The zero-order valence-corrected chi connectivity index (χ0v) is 13.9. The fourth-order valence-corrected chi connectivity index (χ4v) is 2.64. The van der Waals surface area contributed by atoms with Gasteiger partial charge in [-0.15, -0.1) is 0 Å².